The van der Waals surface area contributed by atoms with Crippen LogP contribution < -0.4 is 10.6 Å². The van der Waals surface area contributed by atoms with Gasteiger partial charge in [0, 0.05) is 29.6 Å². The Kier molecular flexibility index (Phi) is 6.79. The summed E-state index contributed by atoms with van der Waals surface area (Å²) in [6, 6.07) is 25.7. The van der Waals surface area contributed by atoms with Crippen molar-refractivity contribution in [1.29, 1.82) is 0 Å². The number of hydrogen-bond acceptors (Lipinski definition) is 4. The van der Waals surface area contributed by atoms with Crippen molar-refractivity contribution < 1.29 is 4.79 Å². The summed E-state index contributed by atoms with van der Waals surface area (Å²) < 4.78 is 0. The quantitative estimate of drug-likeness (QED) is 0.359. The summed E-state index contributed by atoms with van der Waals surface area (Å²) in [5.74, 6) is 1.70. The number of carbonyl (C=O) groups excluding carboxylic acids is 1. The Morgan fingerprint density at radius 2 is 1.70 bits per heavy atom. The van der Waals surface area contributed by atoms with E-state index in [1.54, 1.807) is 12.3 Å². The first kappa shape index (κ1) is 22.2. The molecule has 1 amide bonds. The predicted octanol–water partition coefficient (Wildman–Crippen LogP) is 6.25. The van der Waals surface area contributed by atoms with Gasteiger partial charge in [0.15, 0.2) is 5.82 Å². The number of hydrogen-bond donors (Lipinski definition) is 2. The van der Waals surface area contributed by atoms with Gasteiger partial charge in [0.1, 0.15) is 5.82 Å². The molecule has 1 heterocycles. The van der Waals surface area contributed by atoms with Gasteiger partial charge in [0.05, 0.1) is 0 Å². The van der Waals surface area contributed by atoms with Crippen LogP contribution in [0.25, 0.3) is 11.4 Å². The highest BCUT2D eigenvalue weighted by atomic mass is 16.1. The monoisotopic (exact) mass is 436 g/mol. The van der Waals surface area contributed by atoms with E-state index >= 15 is 0 Å². The molecular formula is C28H28N4O. The molecule has 0 aliphatic heterocycles. The predicted molar refractivity (Wildman–Crippen MR) is 134 cm³/mol. The first-order valence-electron chi connectivity index (χ1n) is 11.1. The molecule has 0 bridgehead atoms. The zero-order valence-electron chi connectivity index (χ0n) is 19.2. The van der Waals surface area contributed by atoms with Gasteiger partial charge in [0.25, 0.3) is 5.91 Å². The van der Waals surface area contributed by atoms with E-state index in [2.05, 4.69) is 58.7 Å². The Bertz CT molecular complexity index is 1230. The zero-order chi connectivity index (χ0) is 23.2. The molecule has 1 aromatic heterocycles. The number of aryl methyl sites for hydroxylation is 1. The minimum absolute atomic E-state index is 0.116. The average Bonchev–Trinajstić information content (AvgIpc) is 2.83. The second-order valence-corrected chi connectivity index (χ2v) is 8.42. The number of anilines is 2. The van der Waals surface area contributed by atoms with Crippen molar-refractivity contribution in [2.24, 2.45) is 0 Å². The summed E-state index contributed by atoms with van der Waals surface area (Å²) in [6.07, 6.45) is 1.73. The molecule has 5 heteroatoms. The number of amides is 1. The molecule has 4 rings (SSSR count). The van der Waals surface area contributed by atoms with Crippen LogP contribution in [-0.2, 0) is 6.54 Å². The topological polar surface area (TPSA) is 66.9 Å². The number of nitrogens with zero attached hydrogens (tertiary/aromatic N) is 2. The smallest absolute Gasteiger partial charge is 0.251 e. The highest BCUT2D eigenvalue weighted by Gasteiger charge is 2.08. The van der Waals surface area contributed by atoms with Crippen LogP contribution in [0.2, 0.25) is 0 Å². The van der Waals surface area contributed by atoms with E-state index < -0.39 is 0 Å². The molecule has 0 unspecified atom stereocenters. The maximum absolute atomic E-state index is 12.7. The van der Waals surface area contributed by atoms with Gasteiger partial charge < -0.3 is 10.6 Å². The summed E-state index contributed by atoms with van der Waals surface area (Å²) in [6.45, 7) is 6.88. The van der Waals surface area contributed by atoms with Gasteiger partial charge in [-0.1, -0.05) is 74.0 Å². The molecule has 0 spiro atoms. The lowest BCUT2D eigenvalue weighted by Gasteiger charge is -2.10. The van der Waals surface area contributed by atoms with Crippen molar-refractivity contribution in [3.05, 3.63) is 107 Å². The van der Waals surface area contributed by atoms with Crippen LogP contribution in [0, 0.1) is 6.92 Å². The lowest BCUT2D eigenvalue weighted by atomic mass is 10.0. The fourth-order valence-electron chi connectivity index (χ4n) is 3.46. The third-order valence-corrected chi connectivity index (χ3v) is 5.46. The molecule has 3 aromatic carbocycles. The zero-order valence-corrected chi connectivity index (χ0v) is 19.2. The number of benzene rings is 3. The maximum atomic E-state index is 12.7. The van der Waals surface area contributed by atoms with Crippen molar-refractivity contribution in [2.45, 2.75) is 33.2 Å². The van der Waals surface area contributed by atoms with E-state index in [1.165, 1.54) is 11.1 Å². The van der Waals surface area contributed by atoms with Crippen LogP contribution in [0.4, 0.5) is 11.5 Å². The molecule has 0 atom stereocenters. The fraction of sp³-hybridized carbons (Fsp3) is 0.179. The minimum Gasteiger partial charge on any atom is -0.348 e. The standard InChI is InChI=1S/C28H28N4O/c1-19(2)22-13-9-21(10-14-22)18-30-28(33)24-5-4-6-25(17-24)31-26-15-16-29-27(32-26)23-11-7-20(3)8-12-23/h4-17,19H,18H2,1-3H3,(H,30,33)(H,29,31,32). The van der Waals surface area contributed by atoms with E-state index in [1.807, 2.05) is 55.5 Å². The molecule has 0 fully saturated rings. The van der Waals surface area contributed by atoms with Crippen molar-refractivity contribution in [3.63, 3.8) is 0 Å². The molecule has 5 nitrogen and oxygen atoms in total. The fourth-order valence-corrected chi connectivity index (χ4v) is 3.46. The van der Waals surface area contributed by atoms with Crippen LogP contribution in [0.1, 0.15) is 46.8 Å². The Balaban J connectivity index is 1.42. The Morgan fingerprint density at radius 3 is 2.42 bits per heavy atom. The summed E-state index contributed by atoms with van der Waals surface area (Å²) in [7, 11) is 0. The molecule has 166 valence electrons. The number of carbonyl (C=O) groups is 1. The van der Waals surface area contributed by atoms with Gasteiger partial charge in [0.2, 0.25) is 0 Å². The van der Waals surface area contributed by atoms with E-state index in [9.17, 15) is 4.79 Å². The van der Waals surface area contributed by atoms with E-state index in [0.717, 1.165) is 16.8 Å². The largest absolute Gasteiger partial charge is 0.348 e. The first-order chi connectivity index (χ1) is 16.0. The van der Waals surface area contributed by atoms with Crippen LogP contribution in [0.5, 0.6) is 0 Å². The second kappa shape index (κ2) is 10.1. The lowest BCUT2D eigenvalue weighted by molar-refractivity contribution is 0.0951. The van der Waals surface area contributed by atoms with E-state index in [-0.39, 0.29) is 5.91 Å². The highest BCUT2D eigenvalue weighted by Crippen LogP contribution is 2.20. The van der Waals surface area contributed by atoms with Gasteiger partial charge in [-0.05, 0) is 48.2 Å². The van der Waals surface area contributed by atoms with Gasteiger partial charge in [-0.2, -0.15) is 0 Å². The third-order valence-electron chi connectivity index (χ3n) is 5.46. The van der Waals surface area contributed by atoms with Crippen molar-refractivity contribution in [3.8, 4) is 11.4 Å². The number of rotatable bonds is 7. The normalized spacial score (nSPS) is 10.8. The summed E-state index contributed by atoms with van der Waals surface area (Å²) >= 11 is 0. The molecule has 2 N–H and O–H groups in total. The summed E-state index contributed by atoms with van der Waals surface area (Å²) in [5.41, 5.74) is 5.89. The minimum atomic E-state index is -0.116. The Hall–Kier alpha value is -3.99. The van der Waals surface area contributed by atoms with Crippen LogP contribution in [0.15, 0.2) is 85.1 Å². The van der Waals surface area contributed by atoms with Crippen molar-refractivity contribution >= 4 is 17.4 Å². The molecular weight excluding hydrogens is 408 g/mol. The summed E-state index contributed by atoms with van der Waals surface area (Å²) in [5, 5.41) is 6.28. The van der Waals surface area contributed by atoms with E-state index in [0.29, 0.717) is 29.7 Å². The molecule has 4 aromatic rings. The Labute approximate surface area is 194 Å². The third kappa shape index (κ3) is 5.83. The van der Waals surface area contributed by atoms with E-state index in [4.69, 9.17) is 0 Å². The highest BCUT2D eigenvalue weighted by molar-refractivity contribution is 5.95. The van der Waals surface area contributed by atoms with Crippen molar-refractivity contribution in [2.75, 3.05) is 5.32 Å². The first-order valence-corrected chi connectivity index (χ1v) is 11.1. The molecule has 0 radical (unpaired) electrons. The molecule has 0 aliphatic carbocycles. The summed E-state index contributed by atoms with van der Waals surface area (Å²) in [4.78, 5) is 21.7. The van der Waals surface area contributed by atoms with Gasteiger partial charge in [-0.3, -0.25) is 4.79 Å². The Morgan fingerprint density at radius 1 is 0.939 bits per heavy atom. The van der Waals surface area contributed by atoms with Crippen molar-refractivity contribution in [1.82, 2.24) is 15.3 Å². The van der Waals surface area contributed by atoms with Gasteiger partial charge in [-0.25, -0.2) is 9.97 Å². The lowest BCUT2D eigenvalue weighted by Crippen LogP contribution is -2.22. The maximum Gasteiger partial charge on any atom is 0.251 e. The molecule has 0 aliphatic rings. The van der Waals surface area contributed by atoms with Crippen LogP contribution in [-0.4, -0.2) is 15.9 Å². The number of nitrogens with one attached hydrogen (secondary N) is 2. The van der Waals surface area contributed by atoms with Gasteiger partial charge >= 0.3 is 0 Å². The molecule has 0 saturated heterocycles. The van der Waals surface area contributed by atoms with Crippen LogP contribution in [0.3, 0.4) is 0 Å². The average molecular weight is 437 g/mol. The molecule has 0 saturated carbocycles. The molecule has 33 heavy (non-hydrogen) atoms. The SMILES string of the molecule is Cc1ccc(-c2nccc(Nc3cccc(C(=O)NCc4ccc(C(C)C)cc4)c3)n2)cc1. The number of aromatic nitrogens is 2. The van der Waals surface area contributed by atoms with Crippen LogP contribution >= 0.6 is 0 Å². The second-order valence-electron chi connectivity index (χ2n) is 8.42. The van der Waals surface area contributed by atoms with Gasteiger partial charge in [-0.15, -0.1) is 0 Å².